The summed E-state index contributed by atoms with van der Waals surface area (Å²) >= 11 is 0. The molecule has 10 nitrogen and oxygen atoms in total. The number of aromatic nitrogens is 1. The SMILES string of the molecule is COc1ccc([N+](=O)[O-])cc1NS(=O)(=O)c1ccc(C(=O)Nc2cccc(C)n2)cc1. The van der Waals surface area contributed by atoms with E-state index in [4.69, 9.17) is 4.74 Å². The standard InChI is InChI=1S/C20H18N4O6S/c1-13-4-3-5-19(21-13)22-20(25)14-6-9-16(10-7-14)31(28,29)23-17-12-15(24(26)27)8-11-18(17)30-2/h3-12,23H,1-2H3,(H,21,22,25). The van der Waals surface area contributed by atoms with Gasteiger partial charge in [-0.25, -0.2) is 13.4 Å². The maximum absolute atomic E-state index is 12.7. The third kappa shape index (κ3) is 5.14. The second-order valence-electron chi connectivity index (χ2n) is 6.39. The first-order valence-corrected chi connectivity index (χ1v) is 10.4. The number of nitro benzene ring substituents is 1. The van der Waals surface area contributed by atoms with Crippen LogP contribution in [0.25, 0.3) is 0 Å². The lowest BCUT2D eigenvalue weighted by Crippen LogP contribution is -2.15. The fraction of sp³-hybridized carbons (Fsp3) is 0.100. The lowest BCUT2D eigenvalue weighted by molar-refractivity contribution is -0.384. The number of carbonyl (C=O) groups excluding carboxylic acids is 1. The van der Waals surface area contributed by atoms with Crippen molar-refractivity contribution in [3.8, 4) is 5.75 Å². The Morgan fingerprint density at radius 3 is 2.42 bits per heavy atom. The smallest absolute Gasteiger partial charge is 0.271 e. The van der Waals surface area contributed by atoms with E-state index in [0.29, 0.717) is 5.82 Å². The number of rotatable bonds is 7. The highest BCUT2D eigenvalue weighted by atomic mass is 32.2. The Morgan fingerprint density at radius 2 is 1.81 bits per heavy atom. The molecule has 0 saturated carbocycles. The molecule has 3 rings (SSSR count). The number of aryl methyl sites for hydroxylation is 1. The van der Waals surface area contributed by atoms with Crippen molar-refractivity contribution in [2.45, 2.75) is 11.8 Å². The van der Waals surface area contributed by atoms with Crippen LogP contribution >= 0.6 is 0 Å². The number of nitrogens with zero attached hydrogens (tertiary/aromatic N) is 2. The largest absolute Gasteiger partial charge is 0.495 e. The van der Waals surface area contributed by atoms with Gasteiger partial charge in [-0.3, -0.25) is 19.6 Å². The molecule has 0 saturated heterocycles. The van der Waals surface area contributed by atoms with E-state index < -0.39 is 20.9 Å². The molecular formula is C20H18N4O6S. The number of hydrogen-bond donors (Lipinski definition) is 2. The summed E-state index contributed by atoms with van der Waals surface area (Å²) in [6.07, 6.45) is 0. The van der Waals surface area contributed by atoms with Crippen molar-refractivity contribution in [3.63, 3.8) is 0 Å². The summed E-state index contributed by atoms with van der Waals surface area (Å²) in [7, 11) is -2.78. The number of hydrogen-bond acceptors (Lipinski definition) is 7. The highest BCUT2D eigenvalue weighted by Crippen LogP contribution is 2.30. The number of sulfonamides is 1. The van der Waals surface area contributed by atoms with Gasteiger partial charge >= 0.3 is 0 Å². The Kier molecular flexibility index (Phi) is 6.16. The molecule has 31 heavy (non-hydrogen) atoms. The van der Waals surface area contributed by atoms with Crippen molar-refractivity contribution in [1.82, 2.24) is 4.98 Å². The number of carbonyl (C=O) groups is 1. The first kappa shape index (κ1) is 21.7. The molecule has 0 unspecified atom stereocenters. The van der Waals surface area contributed by atoms with Crippen LogP contribution in [0.3, 0.4) is 0 Å². The number of benzene rings is 2. The monoisotopic (exact) mass is 442 g/mol. The Bertz CT molecular complexity index is 1240. The van der Waals surface area contributed by atoms with Crippen LogP contribution in [-0.2, 0) is 10.0 Å². The predicted octanol–water partition coefficient (Wildman–Crippen LogP) is 3.36. The van der Waals surface area contributed by atoms with Gasteiger partial charge in [0.15, 0.2) is 0 Å². The second-order valence-corrected chi connectivity index (χ2v) is 8.07. The molecule has 1 amide bonds. The molecule has 3 aromatic rings. The Morgan fingerprint density at radius 1 is 1.10 bits per heavy atom. The summed E-state index contributed by atoms with van der Waals surface area (Å²) in [5, 5.41) is 13.6. The molecule has 0 bridgehead atoms. The van der Waals surface area contributed by atoms with Gasteiger partial charge < -0.3 is 10.1 Å². The molecule has 0 spiro atoms. The average Bonchev–Trinajstić information content (AvgIpc) is 2.73. The fourth-order valence-corrected chi connectivity index (χ4v) is 3.74. The van der Waals surface area contributed by atoms with Crippen LogP contribution in [-0.4, -0.2) is 31.3 Å². The quantitative estimate of drug-likeness (QED) is 0.422. The van der Waals surface area contributed by atoms with Crippen LogP contribution in [0.1, 0.15) is 16.1 Å². The number of nitro groups is 1. The van der Waals surface area contributed by atoms with Crippen molar-refractivity contribution in [3.05, 3.63) is 82.0 Å². The molecular weight excluding hydrogens is 424 g/mol. The molecule has 0 radical (unpaired) electrons. The molecule has 0 atom stereocenters. The number of amides is 1. The zero-order chi connectivity index (χ0) is 22.6. The van der Waals surface area contributed by atoms with Crippen LogP contribution in [0.5, 0.6) is 5.75 Å². The number of methoxy groups -OCH3 is 1. The van der Waals surface area contributed by atoms with Crippen LogP contribution in [0.2, 0.25) is 0 Å². The van der Waals surface area contributed by atoms with E-state index in [-0.39, 0.29) is 27.6 Å². The molecule has 0 aliphatic rings. The molecule has 0 aliphatic carbocycles. The normalized spacial score (nSPS) is 10.9. The summed E-state index contributed by atoms with van der Waals surface area (Å²) in [5.74, 6) is 0.0484. The summed E-state index contributed by atoms with van der Waals surface area (Å²) < 4.78 is 32.8. The van der Waals surface area contributed by atoms with Crippen LogP contribution in [0, 0.1) is 17.0 Å². The predicted molar refractivity (Wildman–Crippen MR) is 114 cm³/mol. The van der Waals surface area contributed by atoms with Gasteiger partial charge in [-0.15, -0.1) is 0 Å². The Hall–Kier alpha value is -3.99. The molecule has 1 aromatic heterocycles. The van der Waals surface area contributed by atoms with Crippen molar-refractivity contribution < 1.29 is 22.9 Å². The van der Waals surface area contributed by atoms with Gasteiger partial charge in [0.2, 0.25) is 0 Å². The van der Waals surface area contributed by atoms with Crippen LogP contribution < -0.4 is 14.8 Å². The minimum absolute atomic E-state index is 0.0796. The summed E-state index contributed by atoms with van der Waals surface area (Å²) in [4.78, 5) is 26.8. The zero-order valence-corrected chi connectivity index (χ0v) is 17.3. The first-order valence-electron chi connectivity index (χ1n) is 8.90. The van der Waals surface area contributed by atoms with Gasteiger partial charge in [0, 0.05) is 23.4 Å². The minimum atomic E-state index is -4.09. The number of pyridine rings is 1. The van der Waals surface area contributed by atoms with E-state index in [9.17, 15) is 23.3 Å². The lowest BCUT2D eigenvalue weighted by Gasteiger charge is -2.12. The first-order chi connectivity index (χ1) is 14.7. The Labute approximate surface area is 178 Å². The van der Waals surface area contributed by atoms with E-state index >= 15 is 0 Å². The molecule has 1 heterocycles. The average molecular weight is 442 g/mol. The molecule has 2 N–H and O–H groups in total. The summed E-state index contributed by atoms with van der Waals surface area (Å²) in [5.41, 5.74) is 0.594. The van der Waals surface area contributed by atoms with Gasteiger partial charge in [-0.05, 0) is 49.4 Å². The van der Waals surface area contributed by atoms with Crippen molar-refractivity contribution >= 4 is 33.1 Å². The van der Waals surface area contributed by atoms with E-state index in [2.05, 4.69) is 15.0 Å². The highest BCUT2D eigenvalue weighted by Gasteiger charge is 2.20. The van der Waals surface area contributed by atoms with Crippen molar-refractivity contribution in [2.75, 3.05) is 17.1 Å². The Balaban J connectivity index is 1.81. The topological polar surface area (TPSA) is 141 Å². The fourth-order valence-electron chi connectivity index (χ4n) is 2.68. The summed E-state index contributed by atoms with van der Waals surface area (Å²) in [6.45, 7) is 1.79. The maximum atomic E-state index is 12.7. The van der Waals surface area contributed by atoms with E-state index in [1.54, 1.807) is 25.1 Å². The summed E-state index contributed by atoms with van der Waals surface area (Å²) in [6, 6.07) is 14.0. The third-order valence-electron chi connectivity index (χ3n) is 4.19. The minimum Gasteiger partial charge on any atom is -0.495 e. The number of nitrogens with one attached hydrogen (secondary N) is 2. The number of anilines is 2. The number of ether oxygens (including phenoxy) is 1. The van der Waals surface area contributed by atoms with Crippen molar-refractivity contribution in [1.29, 1.82) is 0 Å². The van der Waals surface area contributed by atoms with Gasteiger partial charge in [0.1, 0.15) is 11.6 Å². The second kappa shape index (κ2) is 8.79. The molecule has 0 fully saturated rings. The lowest BCUT2D eigenvalue weighted by atomic mass is 10.2. The zero-order valence-electron chi connectivity index (χ0n) is 16.5. The number of non-ortho nitro benzene ring substituents is 1. The van der Waals surface area contributed by atoms with Crippen LogP contribution in [0.4, 0.5) is 17.2 Å². The third-order valence-corrected chi connectivity index (χ3v) is 5.58. The van der Waals surface area contributed by atoms with E-state index in [0.717, 1.165) is 11.8 Å². The molecule has 0 aliphatic heterocycles. The highest BCUT2D eigenvalue weighted by molar-refractivity contribution is 7.92. The van der Waals surface area contributed by atoms with Crippen molar-refractivity contribution in [2.24, 2.45) is 0 Å². The van der Waals surface area contributed by atoms with Gasteiger partial charge in [0.25, 0.3) is 21.6 Å². The van der Waals surface area contributed by atoms with Gasteiger partial charge in [0.05, 0.1) is 22.6 Å². The van der Waals surface area contributed by atoms with Gasteiger partial charge in [-0.1, -0.05) is 6.07 Å². The van der Waals surface area contributed by atoms with E-state index in [1.165, 1.54) is 43.5 Å². The maximum Gasteiger partial charge on any atom is 0.271 e. The van der Waals surface area contributed by atoms with Crippen LogP contribution in [0.15, 0.2) is 65.6 Å². The van der Waals surface area contributed by atoms with Gasteiger partial charge in [-0.2, -0.15) is 0 Å². The van der Waals surface area contributed by atoms with E-state index in [1.807, 2.05) is 0 Å². The molecule has 2 aromatic carbocycles. The molecule has 160 valence electrons. The molecule has 11 heteroatoms.